The average molecular weight is 259 g/mol. The summed E-state index contributed by atoms with van der Waals surface area (Å²) >= 11 is 1.67. The van der Waals surface area contributed by atoms with Gasteiger partial charge in [0, 0.05) is 13.0 Å². The van der Waals surface area contributed by atoms with E-state index in [2.05, 4.69) is 48.0 Å². The monoisotopic (exact) mass is 259 g/mol. The zero-order valence-corrected chi connectivity index (χ0v) is 11.3. The van der Waals surface area contributed by atoms with Crippen molar-refractivity contribution in [3.05, 3.63) is 57.8 Å². The Bertz CT molecular complexity index is 488. The average Bonchev–Trinajstić information content (AvgIpc) is 2.89. The fourth-order valence-corrected chi connectivity index (χ4v) is 2.39. The van der Waals surface area contributed by atoms with E-state index in [0.29, 0.717) is 13.0 Å². The third kappa shape index (κ3) is 4.00. The van der Waals surface area contributed by atoms with Gasteiger partial charge in [0.05, 0.1) is 0 Å². The van der Waals surface area contributed by atoms with Crippen LogP contribution in [0.1, 0.15) is 23.1 Å². The number of carbonyl (C=O) groups is 1. The van der Waals surface area contributed by atoms with E-state index in [1.165, 1.54) is 11.1 Å². The first-order chi connectivity index (χ1) is 8.74. The third-order valence-corrected chi connectivity index (χ3v) is 3.56. The third-order valence-electron chi connectivity index (χ3n) is 2.83. The molecular weight excluding hydrogens is 242 g/mol. The largest absolute Gasteiger partial charge is 0.352 e. The zero-order chi connectivity index (χ0) is 12.8. The second-order valence-electron chi connectivity index (χ2n) is 4.39. The van der Waals surface area contributed by atoms with E-state index in [-0.39, 0.29) is 5.91 Å². The van der Waals surface area contributed by atoms with Crippen LogP contribution in [0.4, 0.5) is 0 Å². The van der Waals surface area contributed by atoms with Gasteiger partial charge in [0.25, 0.3) is 0 Å². The predicted molar refractivity (Wildman–Crippen MR) is 75.7 cm³/mol. The van der Waals surface area contributed by atoms with E-state index >= 15 is 0 Å². The Balaban J connectivity index is 1.73. The van der Waals surface area contributed by atoms with Crippen molar-refractivity contribution in [2.24, 2.45) is 0 Å². The van der Waals surface area contributed by atoms with Crippen LogP contribution >= 0.6 is 11.3 Å². The molecule has 0 saturated heterocycles. The van der Waals surface area contributed by atoms with Crippen LogP contribution in [-0.4, -0.2) is 5.91 Å². The Labute approximate surface area is 112 Å². The topological polar surface area (TPSA) is 29.1 Å². The smallest absolute Gasteiger partial charge is 0.220 e. The second kappa shape index (κ2) is 6.36. The van der Waals surface area contributed by atoms with E-state index in [0.717, 1.165) is 12.0 Å². The number of amides is 1. The Morgan fingerprint density at radius 1 is 1.17 bits per heavy atom. The molecule has 0 spiro atoms. The van der Waals surface area contributed by atoms with E-state index in [1.807, 2.05) is 5.38 Å². The van der Waals surface area contributed by atoms with Gasteiger partial charge in [0.15, 0.2) is 0 Å². The molecule has 2 aromatic rings. The highest BCUT2D eigenvalue weighted by molar-refractivity contribution is 7.07. The zero-order valence-electron chi connectivity index (χ0n) is 10.5. The number of hydrogen-bond acceptors (Lipinski definition) is 2. The van der Waals surface area contributed by atoms with Gasteiger partial charge in [-0.15, -0.1) is 0 Å². The lowest BCUT2D eigenvalue weighted by Gasteiger charge is -2.05. The molecule has 0 aliphatic carbocycles. The molecule has 0 aliphatic rings. The molecule has 1 aromatic heterocycles. The van der Waals surface area contributed by atoms with Crippen LogP contribution in [0.3, 0.4) is 0 Å². The van der Waals surface area contributed by atoms with Gasteiger partial charge in [-0.25, -0.2) is 0 Å². The van der Waals surface area contributed by atoms with Gasteiger partial charge in [-0.05, 0) is 41.3 Å². The summed E-state index contributed by atoms with van der Waals surface area (Å²) in [5.74, 6) is 0.113. The first kappa shape index (κ1) is 12.8. The second-order valence-corrected chi connectivity index (χ2v) is 5.17. The fourth-order valence-electron chi connectivity index (χ4n) is 1.69. The Hall–Kier alpha value is -1.61. The summed E-state index contributed by atoms with van der Waals surface area (Å²) in [5.41, 5.74) is 3.62. The lowest BCUT2D eigenvalue weighted by Crippen LogP contribution is -2.22. The number of thiophene rings is 1. The molecule has 3 heteroatoms. The van der Waals surface area contributed by atoms with Crippen LogP contribution < -0.4 is 5.32 Å². The molecule has 1 amide bonds. The van der Waals surface area contributed by atoms with Gasteiger partial charge in [-0.2, -0.15) is 11.3 Å². The van der Waals surface area contributed by atoms with Crippen LogP contribution in [0.25, 0.3) is 0 Å². The highest BCUT2D eigenvalue weighted by atomic mass is 32.1. The standard InChI is InChI=1S/C15H17NOS/c1-12-2-4-13(5-3-12)10-16-15(17)7-6-14-8-9-18-11-14/h2-5,8-9,11H,6-7,10H2,1H3,(H,16,17). The summed E-state index contributed by atoms with van der Waals surface area (Å²) in [5, 5.41) is 7.08. The predicted octanol–water partition coefficient (Wildman–Crippen LogP) is 3.31. The minimum absolute atomic E-state index is 0.113. The van der Waals surface area contributed by atoms with Crippen molar-refractivity contribution in [1.29, 1.82) is 0 Å². The summed E-state index contributed by atoms with van der Waals surface area (Å²) in [6.07, 6.45) is 1.38. The SMILES string of the molecule is Cc1ccc(CNC(=O)CCc2ccsc2)cc1. The summed E-state index contributed by atoms with van der Waals surface area (Å²) < 4.78 is 0. The van der Waals surface area contributed by atoms with Crippen LogP contribution in [0, 0.1) is 6.92 Å². The molecule has 0 aliphatic heterocycles. The van der Waals surface area contributed by atoms with Gasteiger partial charge in [-0.3, -0.25) is 4.79 Å². The number of nitrogens with one attached hydrogen (secondary N) is 1. The van der Waals surface area contributed by atoms with Crippen molar-refractivity contribution in [3.8, 4) is 0 Å². The van der Waals surface area contributed by atoms with Gasteiger partial charge in [0.1, 0.15) is 0 Å². The van der Waals surface area contributed by atoms with E-state index in [4.69, 9.17) is 0 Å². The van der Waals surface area contributed by atoms with Crippen LogP contribution in [0.2, 0.25) is 0 Å². The summed E-state index contributed by atoms with van der Waals surface area (Å²) in [6, 6.07) is 10.3. The number of rotatable bonds is 5. The minimum atomic E-state index is 0.113. The molecule has 0 saturated carbocycles. The summed E-state index contributed by atoms with van der Waals surface area (Å²) in [7, 11) is 0. The molecule has 2 nitrogen and oxygen atoms in total. The normalized spacial score (nSPS) is 10.3. The van der Waals surface area contributed by atoms with Crippen molar-refractivity contribution in [1.82, 2.24) is 5.32 Å². The van der Waals surface area contributed by atoms with Crippen molar-refractivity contribution < 1.29 is 4.79 Å². The van der Waals surface area contributed by atoms with Gasteiger partial charge in [-0.1, -0.05) is 29.8 Å². The van der Waals surface area contributed by atoms with Gasteiger partial charge in [0.2, 0.25) is 5.91 Å². The summed E-state index contributed by atoms with van der Waals surface area (Å²) in [6.45, 7) is 2.67. The first-order valence-electron chi connectivity index (χ1n) is 6.07. The first-order valence-corrected chi connectivity index (χ1v) is 7.01. The molecular formula is C15H17NOS. The number of aryl methyl sites for hydroxylation is 2. The van der Waals surface area contributed by atoms with E-state index in [9.17, 15) is 4.79 Å². The number of hydrogen-bond donors (Lipinski definition) is 1. The minimum Gasteiger partial charge on any atom is -0.352 e. The lowest BCUT2D eigenvalue weighted by atomic mass is 10.1. The summed E-state index contributed by atoms with van der Waals surface area (Å²) in [4.78, 5) is 11.7. The molecule has 1 N–H and O–H groups in total. The highest BCUT2D eigenvalue weighted by Gasteiger charge is 2.02. The fraction of sp³-hybridized carbons (Fsp3) is 0.267. The lowest BCUT2D eigenvalue weighted by molar-refractivity contribution is -0.121. The molecule has 1 aromatic carbocycles. The quantitative estimate of drug-likeness (QED) is 0.877. The van der Waals surface area contributed by atoms with E-state index in [1.54, 1.807) is 11.3 Å². The van der Waals surface area contributed by atoms with E-state index < -0.39 is 0 Å². The maximum absolute atomic E-state index is 11.7. The van der Waals surface area contributed by atoms with Crippen LogP contribution in [0.15, 0.2) is 41.1 Å². The number of benzene rings is 1. The highest BCUT2D eigenvalue weighted by Crippen LogP contribution is 2.08. The van der Waals surface area contributed by atoms with Crippen LogP contribution in [-0.2, 0) is 17.8 Å². The van der Waals surface area contributed by atoms with Crippen molar-refractivity contribution in [2.75, 3.05) is 0 Å². The van der Waals surface area contributed by atoms with Crippen molar-refractivity contribution >= 4 is 17.2 Å². The molecule has 0 unspecified atom stereocenters. The van der Waals surface area contributed by atoms with Crippen LogP contribution in [0.5, 0.6) is 0 Å². The molecule has 0 atom stereocenters. The number of carbonyl (C=O) groups excluding carboxylic acids is 1. The molecule has 2 rings (SSSR count). The molecule has 1 heterocycles. The Morgan fingerprint density at radius 3 is 2.61 bits per heavy atom. The van der Waals surface area contributed by atoms with Crippen molar-refractivity contribution in [2.45, 2.75) is 26.3 Å². The molecule has 0 bridgehead atoms. The maximum Gasteiger partial charge on any atom is 0.220 e. The van der Waals surface area contributed by atoms with Gasteiger partial charge < -0.3 is 5.32 Å². The molecule has 0 fully saturated rings. The van der Waals surface area contributed by atoms with Crippen molar-refractivity contribution in [3.63, 3.8) is 0 Å². The molecule has 94 valence electrons. The molecule has 18 heavy (non-hydrogen) atoms. The Kier molecular flexibility index (Phi) is 4.53. The molecule has 0 radical (unpaired) electrons. The van der Waals surface area contributed by atoms with Gasteiger partial charge >= 0.3 is 0 Å². The Morgan fingerprint density at radius 2 is 1.94 bits per heavy atom. The maximum atomic E-state index is 11.7.